The molecule has 4 aromatic carbocycles. The highest BCUT2D eigenvalue weighted by molar-refractivity contribution is 7.86. The molecule has 3 aliphatic rings. The van der Waals surface area contributed by atoms with Gasteiger partial charge in [0.2, 0.25) is 17.5 Å². The Kier molecular flexibility index (Phi) is 30.7. The number of aliphatic hydroxyl groups excluding tert-OH is 1. The van der Waals surface area contributed by atoms with Crippen molar-refractivity contribution in [2.75, 3.05) is 62.3 Å². The molecule has 606 valence electrons. The summed E-state index contributed by atoms with van der Waals surface area (Å²) < 4.78 is 168. The number of aliphatic hydroxyl groups is 1. The summed E-state index contributed by atoms with van der Waals surface area (Å²) in [6.45, 7) is 8.00. The maximum atomic E-state index is 14.2. The number of allylic oxidation sites excluding steroid dienone is 6. The number of hydrogen-bond donors (Lipinski definition) is 12. The number of carbonyl (C=O) groups is 3. The molecule has 3 aliphatic heterocycles. The highest BCUT2D eigenvalue weighted by atomic mass is 32.2. The average molecular weight is 1660 g/mol. The lowest BCUT2D eigenvalue weighted by molar-refractivity contribution is -0.437. The number of aromatic nitrogens is 2. The third-order valence-corrected chi connectivity index (χ3v) is 26.3. The van der Waals surface area contributed by atoms with Crippen LogP contribution >= 0.6 is 23.5 Å². The number of rotatable bonds is 44. The fraction of sp³-hybridized carbons (Fsp3) is 0.514. The highest BCUT2D eigenvalue weighted by Crippen LogP contribution is 2.68. The zero-order chi connectivity index (χ0) is 80.8. The molecule has 0 spiro atoms. The van der Waals surface area contributed by atoms with Gasteiger partial charge in [0.25, 0.3) is 30.4 Å². The monoisotopic (exact) mass is 1650 g/mol. The summed E-state index contributed by atoms with van der Waals surface area (Å²) in [6, 6.07) is 16.5. The molecule has 5 aromatic rings. The molecule has 1 saturated heterocycles. The number of nitrogens with one attached hydrogen (secondary N) is 2. The molecule has 6 unspecified atom stereocenters. The predicted octanol–water partition coefficient (Wildman–Crippen LogP) is 8.34. The number of phosphoric acid groups is 3. The Hall–Kier alpha value is -6.64. The zero-order valence-electron chi connectivity index (χ0n) is 61.4. The molecule has 8 rings (SSSR count). The number of anilines is 2. The molecule has 4 heterocycles. The van der Waals surface area contributed by atoms with E-state index in [1.807, 2.05) is 68.7 Å². The summed E-state index contributed by atoms with van der Waals surface area (Å²) in [5, 5.41) is 18.0. The lowest BCUT2D eigenvalue weighted by Gasteiger charge is -2.27. The van der Waals surface area contributed by atoms with Crippen LogP contribution in [-0.2, 0) is 91.7 Å². The number of benzene rings is 4. The highest BCUT2D eigenvalue weighted by Gasteiger charge is 2.48. The van der Waals surface area contributed by atoms with Crippen LogP contribution < -0.4 is 38.4 Å². The predicted molar refractivity (Wildman–Crippen MR) is 410 cm³/mol. The first-order valence-electron chi connectivity index (χ1n) is 36.0. The number of ether oxygens (including phenoxy) is 1. The lowest BCUT2D eigenvalue weighted by atomic mass is 9.79. The van der Waals surface area contributed by atoms with Crippen molar-refractivity contribution in [1.82, 2.24) is 20.2 Å². The molecule has 34 nitrogen and oxygen atoms in total. The molecule has 1 fully saturated rings. The van der Waals surface area contributed by atoms with Crippen molar-refractivity contribution in [3.05, 3.63) is 131 Å². The smallest absolute Gasteiger partial charge is 0.390 e. The SMILES string of the molecule is CC1(C)C(/C=C/C=C/C=C2/N(CCCCCC(=O)NC(CCCCN)C(=O)CC(CCCCN)C(=O)NCCCCCCOP(=O)(O)OP(=O)(O)OP(=O)(O)OC[C@H]3O[C@@H](n4ccc(N)nc4=O)CC3O)c3ccc4c(S(=O)(=O)O)cccc4c3C2(C)C)=[N+](CCCS(=O)(=O)O)c2ccc3c(S(=O)(=O)O)cccc3c21. The lowest BCUT2D eigenvalue weighted by Crippen LogP contribution is -2.43. The molecule has 110 heavy (non-hydrogen) atoms. The van der Waals surface area contributed by atoms with Crippen LogP contribution in [-0.4, -0.2) is 166 Å². The third kappa shape index (κ3) is 23.7. The van der Waals surface area contributed by atoms with Gasteiger partial charge >= 0.3 is 29.2 Å². The summed E-state index contributed by atoms with van der Waals surface area (Å²) in [4.78, 5) is 89.4. The summed E-state index contributed by atoms with van der Waals surface area (Å²) in [7, 11) is -30.3. The number of amides is 2. The largest absolute Gasteiger partial charge is 0.490 e. The van der Waals surface area contributed by atoms with E-state index in [0.29, 0.717) is 117 Å². The number of nitrogen functional groups attached to an aromatic ring is 1. The molecule has 0 bridgehead atoms. The first-order chi connectivity index (χ1) is 51.6. The fourth-order valence-electron chi connectivity index (χ4n) is 14.2. The Bertz CT molecular complexity index is 4900. The van der Waals surface area contributed by atoms with Gasteiger partial charge in [0.1, 0.15) is 34.5 Å². The van der Waals surface area contributed by atoms with Gasteiger partial charge in [0.05, 0.1) is 36.5 Å². The van der Waals surface area contributed by atoms with Crippen molar-refractivity contribution in [3.63, 3.8) is 0 Å². The molecule has 0 radical (unpaired) electrons. The second-order valence-corrected chi connectivity index (χ2v) is 37.2. The van der Waals surface area contributed by atoms with Crippen LogP contribution in [0.1, 0.15) is 154 Å². The molecule has 8 atom stereocenters. The van der Waals surface area contributed by atoms with Gasteiger partial charge in [-0.1, -0.05) is 88.1 Å². The Morgan fingerprint density at radius 1 is 0.718 bits per heavy atom. The number of ketones is 1. The first kappa shape index (κ1) is 88.9. The standard InChI is InChI=1S/C70H98N9O25P3S3/c1-69(2)60(28-9-7-10-29-61-70(3,4)66-51-24-20-27-59(110(97,98)99)49(51)32-34-54(66)78(61)40-21-43-108(91,92)93)77(53-33-31-48-50(65(53)69)23-19-26-58(48)109(94,95)96)39-17-8-11-30-63(82)75-52(25-13-15-37-72)55(80)44-47(22-12-14-36-71)67(83)74-38-16-5-6-18-42-100-105(85,86)103-107(89,90)104-106(87,88)101-46-57-56(81)45-64(102-57)79-41-35-62(73)76-68(79)84/h7,9-10,19-20,23-24,26-29,31-35,41,47,52,56-57,64,81H,5-6,8,11-18,21-22,25,30,36-40,42-46,71-72H2,1-4H3,(H9-,73,74,75,76,82,83,84,85,86,87,88,89,90,91,92,93,94,95,96,97,98,99)/p+1/t47?,52?,56?,57-,64-/m1/s1. The zero-order valence-corrected chi connectivity index (χ0v) is 66.6. The number of phosphoric ester groups is 2. The molecule has 15 N–H and O–H groups in total. The summed E-state index contributed by atoms with van der Waals surface area (Å²) >= 11 is 0. The van der Waals surface area contributed by atoms with Crippen molar-refractivity contribution in [3.8, 4) is 0 Å². The molecule has 40 heteroatoms. The number of nitrogens with two attached hydrogens (primary N) is 3. The Morgan fingerprint density at radius 2 is 1.34 bits per heavy atom. The Balaban J connectivity index is 0.846. The minimum atomic E-state index is -5.84. The van der Waals surface area contributed by atoms with Gasteiger partial charge in [0.15, 0.2) is 11.5 Å². The minimum absolute atomic E-state index is 0.0501. The molecule has 2 amide bonds. The van der Waals surface area contributed by atoms with E-state index in [2.05, 4.69) is 33.7 Å². The van der Waals surface area contributed by atoms with Crippen molar-refractivity contribution in [1.29, 1.82) is 0 Å². The third-order valence-electron chi connectivity index (χ3n) is 19.3. The van der Waals surface area contributed by atoms with E-state index in [1.165, 1.54) is 30.5 Å². The average Bonchev–Trinajstić information content (AvgIpc) is 1.56. The number of nitrogens with zero attached hydrogens (tertiary/aromatic N) is 4. The van der Waals surface area contributed by atoms with Gasteiger partial charge < -0.3 is 57.3 Å². The van der Waals surface area contributed by atoms with Gasteiger partial charge in [-0.05, 0) is 137 Å². The van der Waals surface area contributed by atoms with E-state index in [0.717, 1.165) is 32.8 Å². The number of carbonyl (C=O) groups excluding carboxylic acids is 3. The molecular weight excluding hydrogens is 1560 g/mol. The number of fused-ring (bicyclic) bond motifs is 6. The fourth-order valence-corrected chi connectivity index (χ4v) is 19.7. The van der Waals surface area contributed by atoms with Gasteiger partial charge in [0, 0.05) is 96.2 Å². The van der Waals surface area contributed by atoms with E-state index < -0.39 is 120 Å². The second-order valence-electron chi connectivity index (χ2n) is 28.2. The van der Waals surface area contributed by atoms with Crippen LogP contribution in [0.2, 0.25) is 0 Å². The van der Waals surface area contributed by atoms with Crippen LogP contribution in [0.5, 0.6) is 0 Å². The molecule has 1 aromatic heterocycles. The van der Waals surface area contributed by atoms with Crippen LogP contribution in [0.25, 0.3) is 21.5 Å². The van der Waals surface area contributed by atoms with E-state index in [4.69, 9.17) is 26.5 Å². The van der Waals surface area contributed by atoms with Crippen LogP contribution in [0.3, 0.4) is 0 Å². The summed E-state index contributed by atoms with van der Waals surface area (Å²) in [5.74, 6) is -2.43. The first-order valence-corrected chi connectivity index (χ1v) is 45.0. The Labute approximate surface area is 638 Å². The second kappa shape index (κ2) is 38.0. The van der Waals surface area contributed by atoms with Gasteiger partial charge in [-0.15, -0.1) is 0 Å². The van der Waals surface area contributed by atoms with Crippen LogP contribution in [0, 0.1) is 5.92 Å². The van der Waals surface area contributed by atoms with Crippen molar-refractivity contribution in [2.24, 2.45) is 17.4 Å². The van der Waals surface area contributed by atoms with Gasteiger partial charge in [-0.25, -0.2) is 18.5 Å². The number of hydrogen-bond acceptors (Lipinski definition) is 24. The van der Waals surface area contributed by atoms with Gasteiger partial charge in [-0.2, -0.15) is 43.4 Å². The van der Waals surface area contributed by atoms with Crippen LogP contribution in [0.4, 0.5) is 17.2 Å². The summed E-state index contributed by atoms with van der Waals surface area (Å²) in [6.07, 6.45) is 12.2. The van der Waals surface area contributed by atoms with Gasteiger partial charge in [-0.3, -0.25) is 41.7 Å². The van der Waals surface area contributed by atoms with Crippen molar-refractivity contribution in [2.45, 2.75) is 182 Å². The quantitative estimate of drug-likeness (QED) is 0.00573. The molecule has 0 aliphatic carbocycles. The normalized spacial score (nSPS) is 19.8. The van der Waals surface area contributed by atoms with Crippen LogP contribution in [0.15, 0.2) is 124 Å². The molecule has 0 saturated carbocycles. The van der Waals surface area contributed by atoms with E-state index in [1.54, 1.807) is 36.4 Å². The number of Topliss-reactive ketones (excluding diaryl/α,β-unsaturated/α-hetero) is 1. The minimum Gasteiger partial charge on any atom is -0.390 e. The number of unbranched alkanes of at least 4 members (excludes halogenated alkanes) is 7. The summed E-state index contributed by atoms with van der Waals surface area (Å²) in [5.41, 5.74) is 19.3. The topological polar surface area (TPSA) is 536 Å². The van der Waals surface area contributed by atoms with E-state index in [9.17, 15) is 91.6 Å². The van der Waals surface area contributed by atoms with E-state index >= 15 is 0 Å². The van der Waals surface area contributed by atoms with Crippen molar-refractivity contribution >= 4 is 116 Å². The molecular formula is C70H99N9O25P3S3+. The van der Waals surface area contributed by atoms with Crippen molar-refractivity contribution < 1.29 is 114 Å². The van der Waals surface area contributed by atoms with E-state index in [-0.39, 0.29) is 84.8 Å². The maximum Gasteiger partial charge on any atom is 0.490 e. The Morgan fingerprint density at radius 3 is 1.97 bits per heavy atom. The maximum absolute atomic E-state index is 14.2.